The van der Waals surface area contributed by atoms with Gasteiger partial charge in [0.05, 0.1) is 0 Å². The molecule has 0 N–H and O–H groups in total. The highest BCUT2D eigenvalue weighted by molar-refractivity contribution is 5.79. The summed E-state index contributed by atoms with van der Waals surface area (Å²) in [4.78, 5) is 13.6. The minimum Gasteiger partial charge on any atom is -0.339 e. The normalized spacial score (nSPS) is 37.5. The predicted octanol–water partition coefficient (Wildman–Crippen LogP) is 1.41. The first-order valence-corrected chi connectivity index (χ1v) is 4.59. The molecule has 0 aromatic rings. The third-order valence-electron chi connectivity index (χ3n) is 3.01. The van der Waals surface area contributed by atoms with Gasteiger partial charge in [-0.2, -0.15) is 0 Å². The summed E-state index contributed by atoms with van der Waals surface area (Å²) in [6.45, 7) is 3.07. The van der Waals surface area contributed by atoms with Gasteiger partial charge in [-0.3, -0.25) is 4.79 Å². The Morgan fingerprint density at radius 2 is 2.18 bits per heavy atom. The van der Waals surface area contributed by atoms with Crippen LogP contribution in [0.4, 0.5) is 0 Å². The van der Waals surface area contributed by atoms with E-state index in [0.717, 1.165) is 13.0 Å². The lowest BCUT2D eigenvalue weighted by Crippen LogP contribution is -2.43. The number of nitrogens with zero attached hydrogens (tertiary/aromatic N) is 1. The van der Waals surface area contributed by atoms with Gasteiger partial charge in [0.25, 0.3) is 0 Å². The monoisotopic (exact) mass is 153 g/mol. The van der Waals surface area contributed by atoms with E-state index >= 15 is 0 Å². The van der Waals surface area contributed by atoms with Crippen LogP contribution in [0.2, 0.25) is 0 Å². The van der Waals surface area contributed by atoms with Gasteiger partial charge in [-0.25, -0.2) is 0 Å². The van der Waals surface area contributed by atoms with Crippen LogP contribution in [0.1, 0.15) is 32.6 Å². The lowest BCUT2D eigenvalue weighted by Gasteiger charge is -2.32. The zero-order valence-electron chi connectivity index (χ0n) is 7.05. The van der Waals surface area contributed by atoms with Crippen molar-refractivity contribution in [2.75, 3.05) is 6.54 Å². The van der Waals surface area contributed by atoms with Crippen molar-refractivity contribution in [3.8, 4) is 0 Å². The second kappa shape index (κ2) is 2.50. The molecule has 2 saturated heterocycles. The molecule has 0 radical (unpaired) electrons. The zero-order valence-corrected chi connectivity index (χ0v) is 7.05. The molecule has 0 aliphatic carbocycles. The lowest BCUT2D eigenvalue weighted by atomic mass is 9.94. The second-order valence-electron chi connectivity index (χ2n) is 3.81. The first kappa shape index (κ1) is 7.14. The molecule has 2 aliphatic rings. The lowest BCUT2D eigenvalue weighted by molar-refractivity contribution is -0.139. The molecule has 2 heteroatoms. The van der Waals surface area contributed by atoms with Crippen molar-refractivity contribution in [2.24, 2.45) is 5.92 Å². The Balaban J connectivity index is 2.12. The summed E-state index contributed by atoms with van der Waals surface area (Å²) >= 11 is 0. The van der Waals surface area contributed by atoms with E-state index in [4.69, 9.17) is 0 Å². The summed E-state index contributed by atoms with van der Waals surface area (Å²) < 4.78 is 0. The van der Waals surface area contributed by atoms with E-state index in [0.29, 0.717) is 17.9 Å². The fourth-order valence-electron chi connectivity index (χ4n) is 2.27. The summed E-state index contributed by atoms with van der Waals surface area (Å²) in [5, 5.41) is 0. The molecule has 0 spiro atoms. The number of rotatable bonds is 0. The molecular weight excluding hydrogens is 138 g/mol. The quantitative estimate of drug-likeness (QED) is 0.515. The fourth-order valence-corrected chi connectivity index (χ4v) is 2.27. The molecule has 0 bridgehead atoms. The van der Waals surface area contributed by atoms with E-state index in [1.807, 2.05) is 0 Å². The van der Waals surface area contributed by atoms with Crippen LogP contribution in [0.25, 0.3) is 0 Å². The highest BCUT2D eigenvalue weighted by atomic mass is 16.2. The van der Waals surface area contributed by atoms with Crippen molar-refractivity contribution in [3.05, 3.63) is 0 Å². The van der Waals surface area contributed by atoms with Crippen LogP contribution >= 0.6 is 0 Å². The molecule has 2 unspecified atom stereocenters. The molecule has 0 saturated carbocycles. The minimum absolute atomic E-state index is 0.296. The van der Waals surface area contributed by atoms with E-state index in [2.05, 4.69) is 11.8 Å². The van der Waals surface area contributed by atoms with Crippen molar-refractivity contribution in [3.63, 3.8) is 0 Å². The third-order valence-corrected chi connectivity index (χ3v) is 3.01. The van der Waals surface area contributed by atoms with Gasteiger partial charge in [-0.05, 0) is 25.7 Å². The molecule has 2 fully saturated rings. The molecule has 1 amide bonds. The van der Waals surface area contributed by atoms with Gasteiger partial charge in [0.1, 0.15) is 0 Å². The maximum Gasteiger partial charge on any atom is 0.225 e. The van der Waals surface area contributed by atoms with Gasteiger partial charge >= 0.3 is 0 Å². The van der Waals surface area contributed by atoms with Crippen LogP contribution in [-0.2, 0) is 4.79 Å². The van der Waals surface area contributed by atoms with Crippen molar-refractivity contribution >= 4 is 5.91 Å². The third kappa shape index (κ3) is 1.05. The van der Waals surface area contributed by atoms with Crippen LogP contribution in [-0.4, -0.2) is 23.4 Å². The Morgan fingerprint density at radius 1 is 1.36 bits per heavy atom. The summed E-state index contributed by atoms with van der Waals surface area (Å²) in [5.74, 6) is 0.697. The van der Waals surface area contributed by atoms with Gasteiger partial charge in [0.15, 0.2) is 0 Å². The van der Waals surface area contributed by atoms with Crippen LogP contribution in [0.3, 0.4) is 0 Å². The van der Waals surface area contributed by atoms with Gasteiger partial charge in [0, 0.05) is 18.5 Å². The largest absolute Gasteiger partial charge is 0.339 e. The maximum atomic E-state index is 11.5. The van der Waals surface area contributed by atoms with E-state index in [1.54, 1.807) is 0 Å². The Morgan fingerprint density at radius 3 is 3.00 bits per heavy atom. The first-order chi connectivity index (χ1) is 5.29. The summed E-state index contributed by atoms with van der Waals surface area (Å²) in [6, 6.07) is 0.610. The number of amides is 1. The molecular formula is C9H15NO. The smallest absolute Gasteiger partial charge is 0.225 e. The Bertz CT molecular complexity index is 178. The second-order valence-corrected chi connectivity index (χ2v) is 3.81. The number of carbonyl (C=O) groups is 1. The SMILES string of the molecule is CC1CCC2CCCN2C1=O. The van der Waals surface area contributed by atoms with Crippen LogP contribution in [0.15, 0.2) is 0 Å². The molecule has 0 aromatic carbocycles. The Labute approximate surface area is 67.6 Å². The molecule has 2 aliphatic heterocycles. The molecule has 2 nitrogen and oxygen atoms in total. The first-order valence-electron chi connectivity index (χ1n) is 4.59. The summed E-state index contributed by atoms with van der Waals surface area (Å²) in [7, 11) is 0. The summed E-state index contributed by atoms with van der Waals surface area (Å²) in [6.07, 6.45) is 4.83. The number of carbonyl (C=O) groups excluding carboxylic acids is 1. The highest BCUT2D eigenvalue weighted by Crippen LogP contribution is 2.30. The number of hydrogen-bond donors (Lipinski definition) is 0. The van der Waals surface area contributed by atoms with E-state index < -0.39 is 0 Å². The number of fused-ring (bicyclic) bond motifs is 1. The molecule has 11 heavy (non-hydrogen) atoms. The topological polar surface area (TPSA) is 20.3 Å². The average Bonchev–Trinajstić information content (AvgIpc) is 2.45. The molecule has 0 aromatic heterocycles. The van der Waals surface area contributed by atoms with Crippen LogP contribution in [0.5, 0.6) is 0 Å². The average molecular weight is 153 g/mol. The van der Waals surface area contributed by atoms with Crippen molar-refractivity contribution in [1.29, 1.82) is 0 Å². The van der Waals surface area contributed by atoms with Crippen LogP contribution < -0.4 is 0 Å². The zero-order chi connectivity index (χ0) is 7.84. The van der Waals surface area contributed by atoms with Gasteiger partial charge in [0.2, 0.25) is 5.91 Å². The standard InChI is InChI=1S/C9H15NO/c1-7-4-5-8-3-2-6-10(8)9(7)11/h7-8H,2-6H2,1H3. The maximum absolute atomic E-state index is 11.5. The predicted molar refractivity (Wildman–Crippen MR) is 43.1 cm³/mol. The van der Waals surface area contributed by atoms with Crippen molar-refractivity contribution in [2.45, 2.75) is 38.6 Å². The fraction of sp³-hybridized carbons (Fsp3) is 0.889. The number of piperidine rings is 1. The van der Waals surface area contributed by atoms with Gasteiger partial charge < -0.3 is 4.90 Å². The van der Waals surface area contributed by atoms with E-state index in [9.17, 15) is 4.79 Å². The molecule has 62 valence electrons. The minimum atomic E-state index is 0.296. The molecule has 2 atom stereocenters. The Hall–Kier alpha value is -0.530. The van der Waals surface area contributed by atoms with E-state index in [1.165, 1.54) is 19.3 Å². The molecule has 2 heterocycles. The van der Waals surface area contributed by atoms with E-state index in [-0.39, 0.29) is 0 Å². The van der Waals surface area contributed by atoms with Crippen molar-refractivity contribution in [1.82, 2.24) is 4.90 Å². The van der Waals surface area contributed by atoms with Crippen molar-refractivity contribution < 1.29 is 4.79 Å². The Kier molecular flexibility index (Phi) is 1.63. The molecule has 2 rings (SSSR count). The highest BCUT2D eigenvalue weighted by Gasteiger charge is 2.35. The van der Waals surface area contributed by atoms with Gasteiger partial charge in [-0.15, -0.1) is 0 Å². The number of hydrogen-bond acceptors (Lipinski definition) is 1. The van der Waals surface area contributed by atoms with Gasteiger partial charge in [-0.1, -0.05) is 6.92 Å². The van der Waals surface area contributed by atoms with Crippen LogP contribution in [0, 0.1) is 5.92 Å². The summed E-state index contributed by atoms with van der Waals surface area (Å²) in [5.41, 5.74) is 0.